The van der Waals surface area contributed by atoms with Crippen LogP contribution in [0, 0.1) is 5.82 Å². The monoisotopic (exact) mass is 383 g/mol. The quantitative estimate of drug-likeness (QED) is 0.627. The largest absolute Gasteiger partial charge is 0.331 e. The average molecular weight is 384 g/mol. The van der Waals surface area contributed by atoms with Crippen molar-refractivity contribution in [3.63, 3.8) is 0 Å². The van der Waals surface area contributed by atoms with Gasteiger partial charge in [-0.1, -0.05) is 29.8 Å². The molecule has 4 rings (SSSR count). The molecular weight excluding hydrogens is 365 g/mol. The van der Waals surface area contributed by atoms with Crippen molar-refractivity contribution in [3.8, 4) is 0 Å². The third-order valence-electron chi connectivity index (χ3n) is 4.74. The molecule has 27 heavy (non-hydrogen) atoms. The Bertz CT molecular complexity index is 916. The van der Waals surface area contributed by atoms with Gasteiger partial charge in [0.2, 0.25) is 0 Å². The first kappa shape index (κ1) is 17.7. The van der Waals surface area contributed by atoms with Crippen LogP contribution in [0.15, 0.2) is 60.9 Å². The van der Waals surface area contributed by atoms with Crippen molar-refractivity contribution in [1.29, 1.82) is 0 Å². The summed E-state index contributed by atoms with van der Waals surface area (Å²) < 4.78 is 16.0. The van der Waals surface area contributed by atoms with Crippen molar-refractivity contribution in [3.05, 3.63) is 88.5 Å². The first-order valence-electron chi connectivity index (χ1n) is 8.92. The second-order valence-electron chi connectivity index (χ2n) is 6.77. The molecule has 6 heteroatoms. The molecule has 0 saturated heterocycles. The average Bonchev–Trinajstić information content (AvgIpc) is 3.38. The molecule has 2 aromatic carbocycles. The topological polar surface area (TPSA) is 38.1 Å². The molecule has 0 atom stereocenters. The van der Waals surface area contributed by atoms with Gasteiger partial charge in [0.05, 0.1) is 13.1 Å². The summed E-state index contributed by atoms with van der Waals surface area (Å²) in [4.78, 5) is 14.8. The molecule has 0 unspecified atom stereocenters. The van der Waals surface area contributed by atoms with E-state index in [0.717, 1.165) is 18.4 Å². The standard InChI is InChI=1S/C21H19ClFN3O/c22-19-3-1-4-20(23)18(19)14-26(17-9-10-17)21(27)16-7-5-15(6-8-16)13-25-12-2-11-24-25/h1-8,11-12,17H,9-10,13-14H2. The second-order valence-corrected chi connectivity index (χ2v) is 7.17. The van der Waals surface area contributed by atoms with Gasteiger partial charge in [-0.3, -0.25) is 9.48 Å². The SMILES string of the molecule is O=C(c1ccc(Cn2cccn2)cc1)N(Cc1c(F)cccc1Cl)C1CC1. The summed E-state index contributed by atoms with van der Waals surface area (Å²) in [6.07, 6.45) is 5.51. The third kappa shape index (κ3) is 4.03. The molecule has 4 nitrogen and oxygen atoms in total. The lowest BCUT2D eigenvalue weighted by Gasteiger charge is -2.23. The number of hydrogen-bond donors (Lipinski definition) is 0. The zero-order chi connectivity index (χ0) is 18.8. The summed E-state index contributed by atoms with van der Waals surface area (Å²) in [5, 5.41) is 4.54. The number of carbonyl (C=O) groups excluding carboxylic acids is 1. The summed E-state index contributed by atoms with van der Waals surface area (Å²) in [6, 6.07) is 14.1. The minimum atomic E-state index is -0.379. The normalized spacial score (nSPS) is 13.6. The Labute approximate surface area is 162 Å². The summed E-state index contributed by atoms with van der Waals surface area (Å²) in [5.41, 5.74) is 2.03. The lowest BCUT2D eigenvalue weighted by Crippen LogP contribution is -2.33. The van der Waals surface area contributed by atoms with Crippen LogP contribution in [0.4, 0.5) is 4.39 Å². The molecule has 1 aliphatic carbocycles. The number of benzene rings is 2. The minimum Gasteiger partial charge on any atom is -0.331 e. The van der Waals surface area contributed by atoms with Crippen molar-refractivity contribution in [1.82, 2.24) is 14.7 Å². The highest BCUT2D eigenvalue weighted by Crippen LogP contribution is 2.32. The first-order chi connectivity index (χ1) is 13.1. The molecule has 1 amide bonds. The molecule has 138 valence electrons. The van der Waals surface area contributed by atoms with E-state index in [-0.39, 0.29) is 24.3 Å². The van der Waals surface area contributed by atoms with Gasteiger partial charge in [-0.05, 0) is 48.7 Å². The first-order valence-corrected chi connectivity index (χ1v) is 9.30. The summed E-state index contributed by atoms with van der Waals surface area (Å²) >= 11 is 6.15. The Morgan fingerprint density at radius 1 is 1.19 bits per heavy atom. The van der Waals surface area contributed by atoms with Crippen LogP contribution in [-0.2, 0) is 13.1 Å². The zero-order valence-corrected chi connectivity index (χ0v) is 15.4. The number of nitrogens with zero attached hydrogens (tertiary/aromatic N) is 3. The molecule has 0 N–H and O–H groups in total. The molecule has 1 aliphatic rings. The van der Waals surface area contributed by atoms with Crippen LogP contribution in [0.3, 0.4) is 0 Å². The van der Waals surface area contributed by atoms with Gasteiger partial charge < -0.3 is 4.90 Å². The van der Waals surface area contributed by atoms with E-state index in [0.29, 0.717) is 22.7 Å². The highest BCUT2D eigenvalue weighted by molar-refractivity contribution is 6.31. The van der Waals surface area contributed by atoms with Crippen LogP contribution < -0.4 is 0 Å². The maximum atomic E-state index is 14.2. The van der Waals surface area contributed by atoms with Crippen LogP contribution in [0.25, 0.3) is 0 Å². The van der Waals surface area contributed by atoms with E-state index in [2.05, 4.69) is 5.10 Å². The molecule has 1 aromatic heterocycles. The summed E-state index contributed by atoms with van der Waals surface area (Å²) in [7, 11) is 0. The van der Waals surface area contributed by atoms with Gasteiger partial charge in [0.15, 0.2) is 0 Å². The summed E-state index contributed by atoms with van der Waals surface area (Å²) in [6.45, 7) is 0.836. The zero-order valence-electron chi connectivity index (χ0n) is 14.7. The fraction of sp³-hybridized carbons (Fsp3) is 0.238. The van der Waals surface area contributed by atoms with Crippen LogP contribution in [0.1, 0.15) is 34.3 Å². The maximum Gasteiger partial charge on any atom is 0.254 e. The van der Waals surface area contributed by atoms with Crippen molar-refractivity contribution < 1.29 is 9.18 Å². The molecule has 3 aromatic rings. The van der Waals surface area contributed by atoms with Crippen molar-refractivity contribution >= 4 is 17.5 Å². The number of rotatable bonds is 6. The molecule has 0 spiro atoms. The summed E-state index contributed by atoms with van der Waals surface area (Å²) in [5.74, 6) is -0.474. The molecule has 1 fully saturated rings. The van der Waals surface area contributed by atoms with Gasteiger partial charge in [0.25, 0.3) is 5.91 Å². The smallest absolute Gasteiger partial charge is 0.254 e. The fourth-order valence-corrected chi connectivity index (χ4v) is 3.33. The second kappa shape index (κ2) is 7.53. The van der Waals surface area contributed by atoms with E-state index in [1.165, 1.54) is 6.07 Å². The Morgan fingerprint density at radius 2 is 1.96 bits per heavy atom. The van der Waals surface area contributed by atoms with Gasteiger partial charge >= 0.3 is 0 Å². The number of carbonyl (C=O) groups is 1. The highest BCUT2D eigenvalue weighted by Gasteiger charge is 2.34. The minimum absolute atomic E-state index is 0.0949. The molecule has 1 saturated carbocycles. The van der Waals surface area contributed by atoms with Crippen LogP contribution >= 0.6 is 11.6 Å². The van der Waals surface area contributed by atoms with Gasteiger partial charge in [-0.25, -0.2) is 4.39 Å². The van der Waals surface area contributed by atoms with Gasteiger partial charge in [0, 0.05) is 34.6 Å². The van der Waals surface area contributed by atoms with E-state index in [9.17, 15) is 9.18 Å². The van der Waals surface area contributed by atoms with E-state index >= 15 is 0 Å². The number of amides is 1. The molecule has 1 heterocycles. The molecular formula is C21H19ClFN3O. The van der Waals surface area contributed by atoms with Crippen molar-refractivity contribution in [2.24, 2.45) is 0 Å². The van der Waals surface area contributed by atoms with Crippen molar-refractivity contribution in [2.75, 3.05) is 0 Å². The fourth-order valence-electron chi connectivity index (χ4n) is 3.11. The highest BCUT2D eigenvalue weighted by atomic mass is 35.5. The van der Waals surface area contributed by atoms with Crippen LogP contribution in [0.2, 0.25) is 5.02 Å². The van der Waals surface area contributed by atoms with E-state index in [4.69, 9.17) is 11.6 Å². The van der Waals surface area contributed by atoms with E-state index in [1.807, 2.05) is 41.2 Å². The lowest BCUT2D eigenvalue weighted by atomic mass is 10.1. The number of halogens is 2. The van der Waals surface area contributed by atoms with E-state index < -0.39 is 0 Å². The molecule has 0 radical (unpaired) electrons. The van der Waals surface area contributed by atoms with Gasteiger partial charge in [0.1, 0.15) is 5.82 Å². The van der Waals surface area contributed by atoms with Gasteiger partial charge in [-0.15, -0.1) is 0 Å². The Kier molecular flexibility index (Phi) is 4.94. The van der Waals surface area contributed by atoms with Crippen molar-refractivity contribution in [2.45, 2.75) is 32.0 Å². The number of hydrogen-bond acceptors (Lipinski definition) is 2. The molecule has 0 bridgehead atoms. The molecule has 0 aliphatic heterocycles. The maximum absolute atomic E-state index is 14.2. The Morgan fingerprint density at radius 3 is 2.59 bits per heavy atom. The third-order valence-corrected chi connectivity index (χ3v) is 5.10. The van der Waals surface area contributed by atoms with E-state index in [1.54, 1.807) is 23.2 Å². The predicted molar refractivity (Wildman–Crippen MR) is 102 cm³/mol. The lowest BCUT2D eigenvalue weighted by molar-refractivity contribution is 0.0728. The number of aromatic nitrogens is 2. The van der Waals surface area contributed by atoms with Crippen LogP contribution in [0.5, 0.6) is 0 Å². The Balaban J connectivity index is 1.52. The Hall–Kier alpha value is -2.66. The predicted octanol–water partition coefficient (Wildman–Crippen LogP) is 4.53. The van der Waals surface area contributed by atoms with Gasteiger partial charge in [-0.2, -0.15) is 5.10 Å². The van der Waals surface area contributed by atoms with Crippen LogP contribution in [-0.4, -0.2) is 26.6 Å².